The zero-order chi connectivity index (χ0) is 14.8. The standard InChI is InChI=1S/C14H22N2O3S/c1-11-4-2-6-13(15)14(11)20(18,19)16-8-3-5-12(10-16)7-9-17/h2,4,6,12,17H,3,5,7-10,15H2,1H3. The van der Waals surface area contributed by atoms with Gasteiger partial charge >= 0.3 is 0 Å². The van der Waals surface area contributed by atoms with Crippen molar-refractivity contribution in [2.24, 2.45) is 5.92 Å². The molecule has 1 aromatic rings. The van der Waals surface area contributed by atoms with E-state index in [9.17, 15) is 8.42 Å². The molecule has 1 unspecified atom stereocenters. The summed E-state index contributed by atoms with van der Waals surface area (Å²) in [5.74, 6) is 0.230. The Kier molecular flexibility index (Phi) is 4.67. The third-order valence-electron chi connectivity index (χ3n) is 3.86. The molecule has 0 saturated carbocycles. The highest BCUT2D eigenvalue weighted by Gasteiger charge is 2.32. The number of benzene rings is 1. The number of hydrogen-bond donors (Lipinski definition) is 2. The van der Waals surface area contributed by atoms with Crippen LogP contribution in [0.3, 0.4) is 0 Å². The van der Waals surface area contributed by atoms with Crippen LogP contribution in [0.5, 0.6) is 0 Å². The van der Waals surface area contributed by atoms with Crippen molar-refractivity contribution in [2.75, 3.05) is 25.4 Å². The Morgan fingerprint density at radius 1 is 1.45 bits per heavy atom. The maximum atomic E-state index is 12.8. The van der Waals surface area contributed by atoms with Gasteiger partial charge in [0.15, 0.2) is 0 Å². The Labute approximate surface area is 120 Å². The van der Waals surface area contributed by atoms with E-state index in [1.807, 2.05) is 0 Å². The second-order valence-corrected chi connectivity index (χ2v) is 7.25. The number of hydrogen-bond acceptors (Lipinski definition) is 4. The molecule has 1 fully saturated rings. The molecule has 3 N–H and O–H groups in total. The van der Waals surface area contributed by atoms with Gasteiger partial charge in [0.25, 0.3) is 0 Å². The third kappa shape index (κ3) is 2.97. The monoisotopic (exact) mass is 298 g/mol. The molecule has 6 heteroatoms. The van der Waals surface area contributed by atoms with Gasteiger partial charge in [-0.25, -0.2) is 8.42 Å². The van der Waals surface area contributed by atoms with Crippen LogP contribution >= 0.6 is 0 Å². The zero-order valence-electron chi connectivity index (χ0n) is 11.7. The molecule has 1 aromatic carbocycles. The van der Waals surface area contributed by atoms with Crippen LogP contribution in [0, 0.1) is 12.8 Å². The van der Waals surface area contributed by atoms with Gasteiger partial charge in [0.1, 0.15) is 4.90 Å². The topological polar surface area (TPSA) is 83.6 Å². The van der Waals surface area contributed by atoms with Crippen LogP contribution in [0.15, 0.2) is 23.1 Å². The SMILES string of the molecule is Cc1cccc(N)c1S(=O)(=O)N1CCCC(CCO)C1. The maximum absolute atomic E-state index is 12.8. The van der Waals surface area contributed by atoms with Crippen LogP contribution in [0.1, 0.15) is 24.8 Å². The number of nitrogen functional groups attached to an aromatic ring is 1. The lowest BCUT2D eigenvalue weighted by molar-refractivity contribution is 0.203. The molecule has 1 heterocycles. The van der Waals surface area contributed by atoms with E-state index in [-0.39, 0.29) is 17.4 Å². The van der Waals surface area contributed by atoms with E-state index in [0.717, 1.165) is 12.8 Å². The average molecular weight is 298 g/mol. The fraction of sp³-hybridized carbons (Fsp3) is 0.571. The summed E-state index contributed by atoms with van der Waals surface area (Å²) in [5.41, 5.74) is 6.84. The summed E-state index contributed by atoms with van der Waals surface area (Å²) in [5, 5.41) is 9.02. The first-order valence-electron chi connectivity index (χ1n) is 6.93. The van der Waals surface area contributed by atoms with Crippen molar-refractivity contribution in [1.29, 1.82) is 0 Å². The molecular weight excluding hydrogens is 276 g/mol. The van der Waals surface area contributed by atoms with Crippen LogP contribution in [0.25, 0.3) is 0 Å². The first kappa shape index (κ1) is 15.3. The Hall–Kier alpha value is -1.11. The van der Waals surface area contributed by atoms with E-state index in [0.29, 0.717) is 30.8 Å². The molecule has 0 amide bonds. The second kappa shape index (κ2) is 6.11. The number of aliphatic hydroxyl groups is 1. The number of aryl methyl sites for hydroxylation is 1. The molecule has 1 aliphatic heterocycles. The molecule has 112 valence electrons. The molecule has 5 nitrogen and oxygen atoms in total. The highest BCUT2D eigenvalue weighted by Crippen LogP contribution is 2.30. The molecule has 0 aliphatic carbocycles. The van der Waals surface area contributed by atoms with E-state index in [4.69, 9.17) is 10.8 Å². The molecule has 20 heavy (non-hydrogen) atoms. The van der Waals surface area contributed by atoms with Gasteiger partial charge in [-0.1, -0.05) is 12.1 Å². The molecule has 2 rings (SSSR count). The summed E-state index contributed by atoms with van der Waals surface area (Å²) in [6.07, 6.45) is 2.45. The third-order valence-corrected chi connectivity index (χ3v) is 5.94. The van der Waals surface area contributed by atoms with Gasteiger partial charge in [0, 0.05) is 19.7 Å². The number of anilines is 1. The van der Waals surface area contributed by atoms with Crippen molar-refractivity contribution in [3.8, 4) is 0 Å². The fourth-order valence-electron chi connectivity index (χ4n) is 2.82. The smallest absolute Gasteiger partial charge is 0.245 e. The van der Waals surface area contributed by atoms with Crippen molar-refractivity contribution >= 4 is 15.7 Å². The quantitative estimate of drug-likeness (QED) is 0.822. The minimum Gasteiger partial charge on any atom is -0.398 e. The highest BCUT2D eigenvalue weighted by atomic mass is 32.2. The number of rotatable bonds is 4. The van der Waals surface area contributed by atoms with E-state index < -0.39 is 10.0 Å². The molecule has 0 spiro atoms. The molecule has 1 aliphatic rings. The van der Waals surface area contributed by atoms with Crippen molar-refractivity contribution in [1.82, 2.24) is 4.31 Å². The lowest BCUT2D eigenvalue weighted by atomic mass is 9.97. The number of nitrogens with two attached hydrogens (primary N) is 1. The highest BCUT2D eigenvalue weighted by molar-refractivity contribution is 7.89. The Balaban J connectivity index is 2.30. The van der Waals surface area contributed by atoms with Gasteiger partial charge < -0.3 is 10.8 Å². The Morgan fingerprint density at radius 2 is 2.20 bits per heavy atom. The van der Waals surface area contributed by atoms with E-state index in [1.54, 1.807) is 25.1 Å². The van der Waals surface area contributed by atoms with E-state index in [1.165, 1.54) is 4.31 Å². The van der Waals surface area contributed by atoms with Gasteiger partial charge in [-0.15, -0.1) is 0 Å². The molecule has 0 bridgehead atoms. The molecule has 1 saturated heterocycles. The predicted molar refractivity (Wildman–Crippen MR) is 78.8 cm³/mol. The van der Waals surface area contributed by atoms with Gasteiger partial charge in [0.2, 0.25) is 10.0 Å². The van der Waals surface area contributed by atoms with Crippen LogP contribution in [-0.2, 0) is 10.0 Å². The molecule has 0 radical (unpaired) electrons. The first-order chi connectivity index (χ1) is 9.46. The average Bonchev–Trinajstić information content (AvgIpc) is 2.39. The molecule has 1 atom stereocenters. The van der Waals surface area contributed by atoms with E-state index in [2.05, 4.69) is 0 Å². The summed E-state index contributed by atoms with van der Waals surface area (Å²) < 4.78 is 27.0. The van der Waals surface area contributed by atoms with Crippen molar-refractivity contribution in [3.05, 3.63) is 23.8 Å². The largest absolute Gasteiger partial charge is 0.398 e. The minimum atomic E-state index is -3.55. The van der Waals surface area contributed by atoms with Gasteiger partial charge in [-0.05, 0) is 43.7 Å². The zero-order valence-corrected chi connectivity index (χ0v) is 12.6. The number of aliphatic hydroxyl groups excluding tert-OH is 1. The maximum Gasteiger partial charge on any atom is 0.245 e. The molecule has 0 aromatic heterocycles. The number of piperidine rings is 1. The van der Waals surface area contributed by atoms with Crippen molar-refractivity contribution in [2.45, 2.75) is 31.1 Å². The van der Waals surface area contributed by atoms with Crippen LogP contribution < -0.4 is 5.73 Å². The summed E-state index contributed by atoms with van der Waals surface area (Å²) in [6.45, 7) is 2.86. The van der Waals surface area contributed by atoms with Crippen LogP contribution in [-0.4, -0.2) is 37.5 Å². The first-order valence-corrected chi connectivity index (χ1v) is 8.37. The number of nitrogens with zero attached hydrogens (tertiary/aromatic N) is 1. The lowest BCUT2D eigenvalue weighted by Gasteiger charge is -2.32. The Bertz CT molecular complexity index is 550. The van der Waals surface area contributed by atoms with Crippen molar-refractivity contribution < 1.29 is 13.5 Å². The van der Waals surface area contributed by atoms with E-state index >= 15 is 0 Å². The molecular formula is C14H22N2O3S. The summed E-state index contributed by atoms with van der Waals surface area (Å²) in [7, 11) is -3.55. The lowest BCUT2D eigenvalue weighted by Crippen LogP contribution is -2.40. The summed E-state index contributed by atoms with van der Waals surface area (Å²) in [6, 6.07) is 5.14. The normalized spacial score (nSPS) is 21.0. The Morgan fingerprint density at radius 3 is 2.85 bits per heavy atom. The van der Waals surface area contributed by atoms with Gasteiger partial charge in [-0.3, -0.25) is 0 Å². The van der Waals surface area contributed by atoms with Gasteiger partial charge in [-0.2, -0.15) is 4.31 Å². The minimum absolute atomic E-state index is 0.102. The van der Waals surface area contributed by atoms with Gasteiger partial charge in [0.05, 0.1) is 5.69 Å². The summed E-state index contributed by atoms with van der Waals surface area (Å²) in [4.78, 5) is 0.227. The second-order valence-electron chi connectivity index (χ2n) is 5.38. The predicted octanol–water partition coefficient (Wildman–Crippen LogP) is 1.36. The summed E-state index contributed by atoms with van der Waals surface area (Å²) >= 11 is 0. The number of sulfonamides is 1. The van der Waals surface area contributed by atoms with Crippen molar-refractivity contribution in [3.63, 3.8) is 0 Å². The van der Waals surface area contributed by atoms with Crippen LogP contribution in [0.4, 0.5) is 5.69 Å². The fourth-order valence-corrected chi connectivity index (χ4v) is 4.70. The van der Waals surface area contributed by atoms with Crippen LogP contribution in [0.2, 0.25) is 0 Å².